The molecule has 60 valence electrons. The highest BCUT2D eigenvalue weighted by atomic mass is 35.6. The van der Waals surface area contributed by atoms with Gasteiger partial charge in [0.15, 0.2) is 6.23 Å². The van der Waals surface area contributed by atoms with Gasteiger partial charge < -0.3 is 10.4 Å². The van der Waals surface area contributed by atoms with Gasteiger partial charge in [0.25, 0.3) is 0 Å². The summed E-state index contributed by atoms with van der Waals surface area (Å²) in [5.74, 6) is -0.459. The normalized spacial score (nSPS) is 14.5. The molecule has 0 fully saturated rings. The first kappa shape index (κ1) is 10.3. The number of hydrogen-bond acceptors (Lipinski definition) is 2. The Bertz CT molecular complexity index is 133. The second-order valence-corrected chi connectivity index (χ2v) is 4.01. The van der Waals surface area contributed by atoms with Crippen molar-refractivity contribution in [1.29, 1.82) is 0 Å². The van der Waals surface area contributed by atoms with E-state index in [9.17, 15) is 4.79 Å². The molecule has 0 bridgehead atoms. The van der Waals surface area contributed by atoms with Gasteiger partial charge in [0.05, 0.1) is 0 Å². The maximum Gasteiger partial charge on any atom is 0.234 e. The van der Waals surface area contributed by atoms with Crippen LogP contribution in [-0.2, 0) is 4.79 Å². The zero-order chi connectivity index (χ0) is 8.36. The van der Waals surface area contributed by atoms with E-state index in [2.05, 4.69) is 0 Å². The fourth-order valence-electron chi connectivity index (χ4n) is 0.274. The zero-order valence-corrected chi connectivity index (χ0v) is 7.33. The van der Waals surface area contributed by atoms with Crippen LogP contribution in [0.15, 0.2) is 0 Å². The van der Waals surface area contributed by atoms with Gasteiger partial charge in [0, 0.05) is 6.92 Å². The van der Waals surface area contributed by atoms with Crippen molar-refractivity contribution in [3.8, 4) is 0 Å². The smallest absolute Gasteiger partial charge is 0.234 e. The van der Waals surface area contributed by atoms with E-state index in [-0.39, 0.29) is 0 Å². The van der Waals surface area contributed by atoms with Gasteiger partial charge in [0.1, 0.15) is 0 Å². The van der Waals surface area contributed by atoms with Crippen LogP contribution in [0.2, 0.25) is 0 Å². The number of carbonyl (C=O) groups is 1. The number of aliphatic hydroxyl groups excluding tert-OH is 1. The first-order chi connectivity index (χ1) is 4.34. The van der Waals surface area contributed by atoms with Crippen molar-refractivity contribution in [3.05, 3.63) is 0 Å². The van der Waals surface area contributed by atoms with Crippen molar-refractivity contribution in [2.45, 2.75) is 16.9 Å². The number of hydrogen-bond donors (Lipinski definition) is 2. The summed E-state index contributed by atoms with van der Waals surface area (Å²) in [6, 6.07) is 0. The maximum atomic E-state index is 10.3. The summed E-state index contributed by atoms with van der Waals surface area (Å²) in [4.78, 5) is 10.3. The Morgan fingerprint density at radius 3 is 2.10 bits per heavy atom. The minimum atomic E-state index is -1.87. The molecular weight excluding hydrogens is 200 g/mol. The van der Waals surface area contributed by atoms with Crippen molar-refractivity contribution in [3.63, 3.8) is 0 Å². The summed E-state index contributed by atoms with van der Waals surface area (Å²) in [6.45, 7) is 1.21. The number of nitrogens with one attached hydrogen (secondary N) is 1. The van der Waals surface area contributed by atoms with E-state index >= 15 is 0 Å². The largest absolute Gasteiger partial charge is 0.369 e. The first-order valence-corrected chi connectivity index (χ1v) is 3.49. The Hall–Kier alpha value is 0.300. The monoisotopic (exact) mass is 205 g/mol. The second kappa shape index (κ2) is 3.62. The summed E-state index contributed by atoms with van der Waals surface area (Å²) in [5.41, 5.74) is 0. The fraction of sp³-hybridized carbons (Fsp3) is 0.750. The van der Waals surface area contributed by atoms with Crippen molar-refractivity contribution < 1.29 is 9.90 Å². The molecule has 0 spiro atoms. The van der Waals surface area contributed by atoms with Gasteiger partial charge in [-0.2, -0.15) is 0 Å². The van der Waals surface area contributed by atoms with E-state index < -0.39 is 15.9 Å². The van der Waals surface area contributed by atoms with Gasteiger partial charge in [-0.15, -0.1) is 0 Å². The molecule has 1 atom stereocenters. The minimum Gasteiger partial charge on any atom is -0.369 e. The van der Waals surface area contributed by atoms with E-state index in [0.717, 1.165) is 0 Å². The number of rotatable bonds is 1. The van der Waals surface area contributed by atoms with Crippen LogP contribution in [0.1, 0.15) is 6.92 Å². The Kier molecular flexibility index (Phi) is 3.73. The van der Waals surface area contributed by atoms with E-state index in [0.29, 0.717) is 0 Å². The number of amides is 1. The van der Waals surface area contributed by atoms with Crippen LogP contribution in [0.4, 0.5) is 0 Å². The molecule has 10 heavy (non-hydrogen) atoms. The van der Waals surface area contributed by atoms with E-state index in [1.54, 1.807) is 0 Å². The van der Waals surface area contributed by atoms with Crippen LogP contribution in [-0.4, -0.2) is 21.0 Å². The molecule has 3 nitrogen and oxygen atoms in total. The van der Waals surface area contributed by atoms with Crippen LogP contribution in [0.25, 0.3) is 0 Å². The summed E-state index contributed by atoms with van der Waals surface area (Å²) >= 11 is 15.6. The summed E-state index contributed by atoms with van der Waals surface area (Å²) in [5, 5.41) is 10.8. The molecule has 0 radical (unpaired) electrons. The van der Waals surface area contributed by atoms with Crippen molar-refractivity contribution in [2.24, 2.45) is 0 Å². The molecule has 0 aliphatic carbocycles. The first-order valence-electron chi connectivity index (χ1n) is 2.36. The van der Waals surface area contributed by atoms with E-state index in [1.165, 1.54) is 6.92 Å². The fourth-order valence-corrected chi connectivity index (χ4v) is 0.438. The highest BCUT2D eigenvalue weighted by molar-refractivity contribution is 6.68. The summed E-state index contributed by atoms with van der Waals surface area (Å²) in [6.07, 6.45) is -1.46. The van der Waals surface area contributed by atoms with Crippen molar-refractivity contribution >= 4 is 40.7 Å². The molecule has 0 aliphatic rings. The van der Waals surface area contributed by atoms with Crippen molar-refractivity contribution in [1.82, 2.24) is 5.32 Å². The van der Waals surface area contributed by atoms with Gasteiger partial charge >= 0.3 is 0 Å². The van der Waals surface area contributed by atoms with Crippen LogP contribution in [0.5, 0.6) is 0 Å². The van der Waals surface area contributed by atoms with Crippen LogP contribution in [0, 0.1) is 0 Å². The van der Waals surface area contributed by atoms with Gasteiger partial charge in [0.2, 0.25) is 9.70 Å². The molecule has 2 N–H and O–H groups in total. The SMILES string of the molecule is CC(=O)N[C@@H](O)C(Cl)(Cl)Cl. The number of halogens is 3. The predicted molar refractivity (Wildman–Crippen MR) is 40.1 cm³/mol. The number of carbonyl (C=O) groups excluding carboxylic acids is 1. The van der Waals surface area contributed by atoms with Crippen LogP contribution in [0.3, 0.4) is 0 Å². The Morgan fingerprint density at radius 2 is 2.00 bits per heavy atom. The van der Waals surface area contributed by atoms with Gasteiger partial charge in [-0.1, -0.05) is 34.8 Å². The molecule has 0 rings (SSSR count). The van der Waals surface area contributed by atoms with E-state index in [1.807, 2.05) is 5.32 Å². The lowest BCUT2D eigenvalue weighted by atomic mass is 10.6. The maximum absolute atomic E-state index is 10.3. The molecule has 0 aliphatic heterocycles. The van der Waals surface area contributed by atoms with Crippen molar-refractivity contribution in [2.75, 3.05) is 0 Å². The van der Waals surface area contributed by atoms with Crippen LogP contribution >= 0.6 is 34.8 Å². The number of aliphatic hydroxyl groups is 1. The molecule has 0 heterocycles. The molecule has 6 heteroatoms. The Balaban J connectivity index is 3.85. The minimum absolute atomic E-state index is 0.459. The lowest BCUT2D eigenvalue weighted by Gasteiger charge is -2.18. The average Bonchev–Trinajstić information content (AvgIpc) is 1.60. The number of alkyl halides is 3. The summed E-state index contributed by atoms with van der Waals surface area (Å²) in [7, 11) is 0. The molecule has 0 unspecified atom stereocenters. The molecular formula is C4H6Cl3NO2. The Labute approximate surface area is 73.2 Å². The average molecular weight is 206 g/mol. The van der Waals surface area contributed by atoms with Gasteiger partial charge in [-0.25, -0.2) is 0 Å². The molecule has 1 amide bonds. The third-order valence-corrected chi connectivity index (χ3v) is 1.27. The molecule has 0 saturated heterocycles. The van der Waals surface area contributed by atoms with Crippen LogP contribution < -0.4 is 5.32 Å². The zero-order valence-electron chi connectivity index (χ0n) is 5.07. The third-order valence-electron chi connectivity index (χ3n) is 0.650. The van der Waals surface area contributed by atoms with Gasteiger partial charge in [-0.3, -0.25) is 4.79 Å². The second-order valence-electron chi connectivity index (χ2n) is 1.64. The third kappa shape index (κ3) is 4.17. The lowest BCUT2D eigenvalue weighted by molar-refractivity contribution is -0.121. The standard InChI is InChI=1S/C4H6Cl3NO2/c1-2(9)8-3(10)4(5,6)7/h3,10H,1H3,(H,8,9)/t3-/m0/s1. The molecule has 0 aromatic carbocycles. The molecule has 0 saturated carbocycles. The summed E-state index contributed by atoms with van der Waals surface area (Å²) < 4.78 is -1.87. The topological polar surface area (TPSA) is 49.3 Å². The predicted octanol–water partition coefficient (Wildman–Crippen LogP) is 0.811. The molecule has 0 aromatic rings. The lowest BCUT2D eigenvalue weighted by Crippen LogP contribution is -2.42. The van der Waals surface area contributed by atoms with E-state index in [4.69, 9.17) is 39.9 Å². The molecule has 0 aromatic heterocycles. The highest BCUT2D eigenvalue weighted by Gasteiger charge is 2.31. The highest BCUT2D eigenvalue weighted by Crippen LogP contribution is 2.28. The quantitative estimate of drug-likeness (QED) is 0.493. The Morgan fingerprint density at radius 1 is 1.60 bits per heavy atom. The van der Waals surface area contributed by atoms with Gasteiger partial charge in [-0.05, 0) is 0 Å².